The molecule has 368 valence electrons. The van der Waals surface area contributed by atoms with E-state index in [4.69, 9.17) is 28.4 Å². The number of hydrogen-bond donors (Lipinski definition) is 7. The van der Waals surface area contributed by atoms with Gasteiger partial charge in [0.15, 0.2) is 12.6 Å². The Kier molecular flexibility index (Phi) is 34.0. The normalized spacial score (nSPS) is 27.3. The van der Waals surface area contributed by atoms with Crippen LogP contribution in [0.4, 0.5) is 0 Å². The molecule has 2 aliphatic rings. The van der Waals surface area contributed by atoms with Gasteiger partial charge in [0.25, 0.3) is 0 Å². The van der Waals surface area contributed by atoms with Gasteiger partial charge >= 0.3 is 5.97 Å². The maximum atomic E-state index is 12.8. The maximum Gasteiger partial charge on any atom is 0.306 e. The lowest BCUT2D eigenvalue weighted by atomic mass is 9.98. The van der Waals surface area contributed by atoms with Crippen molar-refractivity contribution in [2.75, 3.05) is 33.0 Å². The van der Waals surface area contributed by atoms with Gasteiger partial charge in [0.2, 0.25) is 0 Å². The number of rotatable bonds is 38. The Bertz CT molecular complexity index is 1180. The Balaban J connectivity index is 1.71. The Morgan fingerprint density at radius 1 is 0.524 bits per heavy atom. The number of unbranched alkanes of at least 4 members (excludes halogenated alkanes) is 18. The van der Waals surface area contributed by atoms with Crippen LogP contribution in [0.1, 0.15) is 168 Å². The summed E-state index contributed by atoms with van der Waals surface area (Å²) in [5, 5.41) is 71.9. The molecule has 0 amide bonds. The third-order valence-electron chi connectivity index (χ3n) is 11.7. The second kappa shape index (κ2) is 37.3. The number of esters is 1. The van der Waals surface area contributed by atoms with Gasteiger partial charge in [-0.05, 0) is 51.4 Å². The number of hydrogen-bond acceptors (Lipinski definition) is 14. The average molecular weight is 901 g/mol. The number of aliphatic hydroxyl groups is 7. The van der Waals surface area contributed by atoms with Crippen molar-refractivity contribution < 1.29 is 69.0 Å². The molecule has 14 nitrogen and oxygen atoms in total. The topological polar surface area (TPSA) is 214 Å². The molecule has 11 unspecified atom stereocenters. The number of ether oxygens (including phenoxy) is 6. The van der Waals surface area contributed by atoms with Crippen molar-refractivity contribution in [1.82, 2.24) is 0 Å². The molecule has 11 atom stereocenters. The van der Waals surface area contributed by atoms with Gasteiger partial charge in [-0.25, -0.2) is 0 Å². The zero-order valence-electron chi connectivity index (χ0n) is 38.8. The fraction of sp³-hybridized carbons (Fsp3) is 0.857. The molecule has 0 spiro atoms. The van der Waals surface area contributed by atoms with Gasteiger partial charge in [-0.3, -0.25) is 4.79 Å². The lowest BCUT2D eigenvalue weighted by Gasteiger charge is -2.42. The van der Waals surface area contributed by atoms with Gasteiger partial charge in [0, 0.05) is 13.0 Å². The van der Waals surface area contributed by atoms with Gasteiger partial charge < -0.3 is 64.2 Å². The average Bonchev–Trinajstić information content (AvgIpc) is 3.28. The zero-order chi connectivity index (χ0) is 45.9. The fourth-order valence-electron chi connectivity index (χ4n) is 7.58. The van der Waals surface area contributed by atoms with Crippen LogP contribution in [0.15, 0.2) is 36.5 Å². The van der Waals surface area contributed by atoms with Gasteiger partial charge in [0.05, 0.1) is 26.4 Å². The van der Waals surface area contributed by atoms with Gasteiger partial charge in [0.1, 0.15) is 54.9 Å². The largest absolute Gasteiger partial charge is 0.457 e. The van der Waals surface area contributed by atoms with E-state index in [1.165, 1.54) is 83.5 Å². The summed E-state index contributed by atoms with van der Waals surface area (Å²) in [7, 11) is 0. The molecule has 2 fully saturated rings. The van der Waals surface area contributed by atoms with Crippen LogP contribution in [0.5, 0.6) is 0 Å². The van der Waals surface area contributed by atoms with E-state index in [9.17, 15) is 40.5 Å². The smallest absolute Gasteiger partial charge is 0.306 e. The molecule has 14 heteroatoms. The molecule has 2 aliphatic heterocycles. The number of carbonyl (C=O) groups is 1. The Morgan fingerprint density at radius 2 is 0.984 bits per heavy atom. The molecule has 0 bridgehead atoms. The minimum atomic E-state index is -1.71. The van der Waals surface area contributed by atoms with Crippen LogP contribution in [0.2, 0.25) is 0 Å². The summed E-state index contributed by atoms with van der Waals surface area (Å²) in [6.07, 6.45) is 23.8. The van der Waals surface area contributed by atoms with Crippen LogP contribution in [-0.4, -0.2) is 142 Å². The van der Waals surface area contributed by atoms with Crippen molar-refractivity contribution in [3.63, 3.8) is 0 Å². The molecule has 7 N–H and O–H groups in total. The number of carbonyl (C=O) groups excluding carboxylic acids is 1. The van der Waals surface area contributed by atoms with E-state index < -0.39 is 80.7 Å². The quantitative estimate of drug-likeness (QED) is 0.0197. The van der Waals surface area contributed by atoms with E-state index in [1.54, 1.807) is 0 Å². The van der Waals surface area contributed by atoms with E-state index in [-0.39, 0.29) is 25.6 Å². The Labute approximate surface area is 379 Å². The van der Waals surface area contributed by atoms with Crippen molar-refractivity contribution in [1.29, 1.82) is 0 Å². The van der Waals surface area contributed by atoms with Gasteiger partial charge in [-0.15, -0.1) is 0 Å². The summed E-state index contributed by atoms with van der Waals surface area (Å²) in [5.74, 6) is -0.388. The first-order valence-electron chi connectivity index (χ1n) is 24.6. The van der Waals surface area contributed by atoms with E-state index in [0.717, 1.165) is 57.8 Å². The molecule has 0 aliphatic carbocycles. The van der Waals surface area contributed by atoms with Crippen LogP contribution in [0, 0.1) is 0 Å². The maximum absolute atomic E-state index is 12.8. The SMILES string of the molecule is CCCCCCC/C=C\C/C=C\C/C=C\CCCCCCCCCOCC(COC1OC(COC2OC(CO)C(O)C(O)C2O)C(O)C(O)C1O)OC(=O)CCCCCCCCC. The first-order valence-corrected chi connectivity index (χ1v) is 24.6. The van der Waals surface area contributed by atoms with E-state index in [0.29, 0.717) is 13.0 Å². The number of aliphatic hydroxyl groups excluding tert-OH is 7. The third-order valence-corrected chi connectivity index (χ3v) is 11.7. The predicted octanol–water partition coefficient (Wildman–Crippen LogP) is 6.63. The Morgan fingerprint density at radius 3 is 1.54 bits per heavy atom. The lowest BCUT2D eigenvalue weighted by molar-refractivity contribution is -0.332. The summed E-state index contributed by atoms with van der Waals surface area (Å²) in [4.78, 5) is 12.8. The zero-order valence-corrected chi connectivity index (χ0v) is 38.8. The lowest BCUT2D eigenvalue weighted by Crippen LogP contribution is -2.61. The van der Waals surface area contributed by atoms with Crippen molar-refractivity contribution >= 4 is 5.97 Å². The first-order chi connectivity index (χ1) is 30.6. The second-order valence-electron chi connectivity index (χ2n) is 17.3. The summed E-state index contributed by atoms with van der Waals surface area (Å²) in [6.45, 7) is 3.59. The minimum absolute atomic E-state index is 0.0556. The van der Waals surface area contributed by atoms with Crippen LogP contribution in [0.25, 0.3) is 0 Å². The second-order valence-corrected chi connectivity index (χ2v) is 17.3. The van der Waals surface area contributed by atoms with E-state index in [1.807, 2.05) is 0 Å². The highest BCUT2D eigenvalue weighted by Gasteiger charge is 2.47. The molecule has 0 aromatic carbocycles. The monoisotopic (exact) mass is 901 g/mol. The standard InChI is InChI=1S/C49H88O14/c1-3-5-7-9-11-12-13-14-15-16-17-18-19-20-21-22-23-24-25-27-29-31-33-58-35-38(61-41(51)32-30-28-26-10-8-6-4-2)36-59-48-47(57)45(55)43(53)40(63-48)37-60-49-46(56)44(54)42(52)39(34-50)62-49/h13-14,16-17,19-20,38-40,42-50,52-57H,3-12,15,18,21-37H2,1-2H3/b14-13-,17-16-,20-19-. The van der Waals surface area contributed by atoms with E-state index in [2.05, 4.69) is 50.3 Å². The summed E-state index contributed by atoms with van der Waals surface area (Å²) in [5.41, 5.74) is 0. The van der Waals surface area contributed by atoms with Crippen molar-refractivity contribution in [3.05, 3.63) is 36.5 Å². The van der Waals surface area contributed by atoms with Crippen LogP contribution in [-0.2, 0) is 33.2 Å². The van der Waals surface area contributed by atoms with Crippen LogP contribution >= 0.6 is 0 Å². The molecule has 2 heterocycles. The number of allylic oxidation sites excluding steroid dienone is 6. The first kappa shape index (κ1) is 57.3. The summed E-state index contributed by atoms with van der Waals surface area (Å²) < 4.78 is 34.1. The third kappa shape index (κ3) is 25.6. The van der Waals surface area contributed by atoms with Gasteiger partial charge in [-0.1, -0.05) is 147 Å². The molecule has 2 rings (SSSR count). The van der Waals surface area contributed by atoms with Crippen molar-refractivity contribution in [2.45, 2.75) is 235 Å². The highest BCUT2D eigenvalue weighted by molar-refractivity contribution is 5.69. The summed E-state index contributed by atoms with van der Waals surface area (Å²) in [6, 6.07) is 0. The predicted molar refractivity (Wildman–Crippen MR) is 243 cm³/mol. The van der Waals surface area contributed by atoms with Crippen molar-refractivity contribution in [2.24, 2.45) is 0 Å². The molecule has 63 heavy (non-hydrogen) atoms. The molecule has 0 saturated carbocycles. The summed E-state index contributed by atoms with van der Waals surface area (Å²) >= 11 is 0. The minimum Gasteiger partial charge on any atom is -0.457 e. The molecule has 0 radical (unpaired) electrons. The van der Waals surface area contributed by atoms with Crippen molar-refractivity contribution in [3.8, 4) is 0 Å². The van der Waals surface area contributed by atoms with Crippen LogP contribution < -0.4 is 0 Å². The van der Waals surface area contributed by atoms with Gasteiger partial charge in [-0.2, -0.15) is 0 Å². The highest BCUT2D eigenvalue weighted by Crippen LogP contribution is 2.26. The molecular weight excluding hydrogens is 813 g/mol. The molecule has 0 aromatic rings. The van der Waals surface area contributed by atoms with Crippen LogP contribution in [0.3, 0.4) is 0 Å². The molecule has 0 aromatic heterocycles. The fourth-order valence-corrected chi connectivity index (χ4v) is 7.58. The molecule has 2 saturated heterocycles. The highest BCUT2D eigenvalue weighted by atomic mass is 16.7. The van der Waals surface area contributed by atoms with E-state index >= 15 is 0 Å². The Hall–Kier alpha value is -1.79. The molecular formula is C49H88O14.